The van der Waals surface area contributed by atoms with Crippen LogP contribution in [-0.4, -0.2) is 34.9 Å². The lowest BCUT2D eigenvalue weighted by atomic mass is 10.1. The molecule has 5 nitrogen and oxygen atoms in total. The van der Waals surface area contributed by atoms with Crippen molar-refractivity contribution in [3.8, 4) is 5.75 Å². The van der Waals surface area contributed by atoms with Gasteiger partial charge in [0.2, 0.25) is 5.91 Å². The smallest absolute Gasteiger partial charge is 0.261 e. The number of amides is 2. The monoisotopic (exact) mass is 478 g/mol. The predicted molar refractivity (Wildman–Crippen MR) is 119 cm³/mol. The van der Waals surface area contributed by atoms with Crippen LogP contribution in [0.3, 0.4) is 0 Å². The number of aryl methyl sites for hydroxylation is 1. The van der Waals surface area contributed by atoms with E-state index in [1.54, 1.807) is 31.2 Å². The van der Waals surface area contributed by atoms with Crippen LogP contribution < -0.4 is 10.1 Å². The first kappa shape index (κ1) is 23.9. The highest BCUT2D eigenvalue weighted by Crippen LogP contribution is 2.22. The molecule has 0 saturated heterocycles. The normalized spacial score (nSPS) is 12.2. The van der Waals surface area contributed by atoms with E-state index in [0.717, 1.165) is 10.0 Å². The zero-order valence-corrected chi connectivity index (χ0v) is 19.5. The third-order valence-corrected chi connectivity index (χ3v) is 5.35. The molecule has 0 aliphatic rings. The summed E-state index contributed by atoms with van der Waals surface area (Å²) in [4.78, 5) is 27.0. The Bertz CT molecular complexity index is 912. The fraction of sp³-hybridized carbons (Fsp3) is 0.391. The SMILES string of the molecule is Cc1cc(OCC(=O)N(Cc2ccccc2F)C(C)C(=O)NC(C)(C)C)ccc1Br. The number of benzene rings is 2. The van der Waals surface area contributed by atoms with Crippen LogP contribution in [-0.2, 0) is 16.1 Å². The molecule has 2 aromatic rings. The largest absolute Gasteiger partial charge is 0.484 e. The van der Waals surface area contributed by atoms with E-state index in [2.05, 4.69) is 21.2 Å². The lowest BCUT2D eigenvalue weighted by molar-refractivity contribution is -0.142. The molecule has 2 rings (SSSR count). The standard InChI is InChI=1S/C23H28BrFN2O3/c1-15-12-18(10-11-19(15)24)30-14-21(28)27(13-17-8-6-7-9-20(17)25)16(2)22(29)26-23(3,4)5/h6-12,16H,13-14H2,1-5H3,(H,26,29). The van der Waals surface area contributed by atoms with Crippen LogP contribution in [0.2, 0.25) is 0 Å². The molecule has 0 spiro atoms. The second kappa shape index (κ2) is 10.1. The molecule has 0 radical (unpaired) electrons. The van der Waals surface area contributed by atoms with E-state index in [-0.39, 0.29) is 19.1 Å². The van der Waals surface area contributed by atoms with Crippen molar-refractivity contribution in [2.24, 2.45) is 0 Å². The van der Waals surface area contributed by atoms with Crippen molar-refractivity contribution in [2.75, 3.05) is 6.61 Å². The summed E-state index contributed by atoms with van der Waals surface area (Å²) in [7, 11) is 0. The van der Waals surface area contributed by atoms with E-state index in [1.165, 1.54) is 11.0 Å². The van der Waals surface area contributed by atoms with Crippen LogP contribution in [0.4, 0.5) is 4.39 Å². The molecule has 2 aromatic carbocycles. The van der Waals surface area contributed by atoms with Gasteiger partial charge in [0, 0.05) is 22.1 Å². The van der Waals surface area contributed by atoms with Gasteiger partial charge in [-0.25, -0.2) is 4.39 Å². The number of halogens is 2. The Morgan fingerprint density at radius 2 is 1.87 bits per heavy atom. The minimum absolute atomic E-state index is 0.0348. The minimum atomic E-state index is -0.799. The third-order valence-electron chi connectivity index (χ3n) is 4.46. The van der Waals surface area contributed by atoms with E-state index in [4.69, 9.17) is 4.74 Å². The van der Waals surface area contributed by atoms with E-state index in [0.29, 0.717) is 11.3 Å². The van der Waals surface area contributed by atoms with E-state index in [1.807, 2.05) is 39.8 Å². The average Bonchev–Trinajstić information content (AvgIpc) is 2.66. The first-order valence-corrected chi connectivity index (χ1v) is 10.5. The Morgan fingerprint density at radius 3 is 2.47 bits per heavy atom. The highest BCUT2D eigenvalue weighted by Gasteiger charge is 2.29. The molecule has 7 heteroatoms. The molecule has 2 amide bonds. The minimum Gasteiger partial charge on any atom is -0.484 e. The van der Waals surface area contributed by atoms with Gasteiger partial charge in [0.15, 0.2) is 6.61 Å². The summed E-state index contributed by atoms with van der Waals surface area (Å²) in [5.74, 6) is -0.605. The highest BCUT2D eigenvalue weighted by molar-refractivity contribution is 9.10. The predicted octanol–water partition coefficient (Wildman–Crippen LogP) is 4.61. The summed E-state index contributed by atoms with van der Waals surface area (Å²) in [6.45, 7) is 8.83. The number of carbonyl (C=O) groups is 2. The van der Waals surface area contributed by atoms with Gasteiger partial charge in [0.1, 0.15) is 17.6 Å². The van der Waals surface area contributed by atoms with Gasteiger partial charge < -0.3 is 15.0 Å². The van der Waals surface area contributed by atoms with Gasteiger partial charge in [-0.05, 0) is 64.4 Å². The summed E-state index contributed by atoms with van der Waals surface area (Å²) >= 11 is 3.42. The summed E-state index contributed by atoms with van der Waals surface area (Å²) in [6, 6.07) is 10.8. The van der Waals surface area contributed by atoms with Crippen molar-refractivity contribution in [1.29, 1.82) is 0 Å². The molecule has 0 aliphatic carbocycles. The first-order chi connectivity index (χ1) is 14.0. The van der Waals surface area contributed by atoms with Crippen LogP contribution >= 0.6 is 15.9 Å². The van der Waals surface area contributed by atoms with Crippen LogP contribution in [0.15, 0.2) is 46.9 Å². The Balaban J connectivity index is 2.20. The Hall–Kier alpha value is -2.41. The number of nitrogens with one attached hydrogen (secondary N) is 1. The molecule has 0 fully saturated rings. The summed E-state index contributed by atoms with van der Waals surface area (Å²) in [5, 5.41) is 2.87. The van der Waals surface area contributed by atoms with Gasteiger partial charge in [-0.1, -0.05) is 34.1 Å². The van der Waals surface area contributed by atoms with Crippen LogP contribution in [0.5, 0.6) is 5.75 Å². The fourth-order valence-corrected chi connectivity index (χ4v) is 3.05. The summed E-state index contributed by atoms with van der Waals surface area (Å²) < 4.78 is 20.8. The number of nitrogens with zero attached hydrogens (tertiary/aromatic N) is 1. The maximum absolute atomic E-state index is 14.2. The first-order valence-electron chi connectivity index (χ1n) is 9.72. The average molecular weight is 479 g/mol. The maximum Gasteiger partial charge on any atom is 0.261 e. The molecular formula is C23H28BrFN2O3. The Labute approximate surface area is 185 Å². The van der Waals surface area contributed by atoms with Crippen molar-refractivity contribution < 1.29 is 18.7 Å². The van der Waals surface area contributed by atoms with Crippen LogP contribution in [0.25, 0.3) is 0 Å². The summed E-state index contributed by atoms with van der Waals surface area (Å²) in [6.07, 6.45) is 0. The van der Waals surface area contributed by atoms with E-state index < -0.39 is 23.3 Å². The lowest BCUT2D eigenvalue weighted by Crippen LogP contribution is -2.53. The van der Waals surface area contributed by atoms with Crippen molar-refractivity contribution in [3.63, 3.8) is 0 Å². The molecule has 0 heterocycles. The molecule has 1 unspecified atom stereocenters. The topological polar surface area (TPSA) is 58.6 Å². The second-order valence-corrected chi connectivity index (χ2v) is 9.08. The van der Waals surface area contributed by atoms with Gasteiger partial charge in [-0.15, -0.1) is 0 Å². The van der Waals surface area contributed by atoms with Crippen LogP contribution in [0, 0.1) is 12.7 Å². The van der Waals surface area contributed by atoms with Gasteiger partial charge >= 0.3 is 0 Å². The van der Waals surface area contributed by atoms with Gasteiger partial charge in [-0.2, -0.15) is 0 Å². The van der Waals surface area contributed by atoms with E-state index >= 15 is 0 Å². The lowest BCUT2D eigenvalue weighted by Gasteiger charge is -2.31. The molecule has 1 atom stereocenters. The molecule has 1 N–H and O–H groups in total. The number of hydrogen-bond acceptors (Lipinski definition) is 3. The molecular weight excluding hydrogens is 451 g/mol. The van der Waals surface area contributed by atoms with Crippen molar-refractivity contribution in [3.05, 3.63) is 63.9 Å². The number of rotatable bonds is 7. The van der Waals surface area contributed by atoms with Crippen molar-refractivity contribution in [1.82, 2.24) is 10.2 Å². The quantitative estimate of drug-likeness (QED) is 0.631. The van der Waals surface area contributed by atoms with Crippen molar-refractivity contribution >= 4 is 27.7 Å². The fourth-order valence-electron chi connectivity index (χ4n) is 2.80. The highest BCUT2D eigenvalue weighted by atomic mass is 79.9. The summed E-state index contributed by atoms with van der Waals surface area (Å²) in [5.41, 5.74) is 0.852. The second-order valence-electron chi connectivity index (χ2n) is 8.23. The number of ether oxygens (including phenoxy) is 1. The maximum atomic E-state index is 14.2. The van der Waals surface area contributed by atoms with Gasteiger partial charge in [0.25, 0.3) is 5.91 Å². The van der Waals surface area contributed by atoms with Crippen molar-refractivity contribution in [2.45, 2.75) is 52.7 Å². The molecule has 0 bridgehead atoms. The number of hydrogen-bond donors (Lipinski definition) is 1. The molecule has 0 aliphatic heterocycles. The zero-order valence-electron chi connectivity index (χ0n) is 18.0. The van der Waals surface area contributed by atoms with Gasteiger partial charge in [0.05, 0.1) is 0 Å². The molecule has 30 heavy (non-hydrogen) atoms. The Morgan fingerprint density at radius 1 is 1.20 bits per heavy atom. The molecule has 0 aromatic heterocycles. The van der Waals surface area contributed by atoms with E-state index in [9.17, 15) is 14.0 Å². The third kappa shape index (κ3) is 6.83. The molecule has 162 valence electrons. The van der Waals surface area contributed by atoms with Gasteiger partial charge in [-0.3, -0.25) is 9.59 Å². The zero-order chi connectivity index (χ0) is 22.5. The Kier molecular flexibility index (Phi) is 8.01. The van der Waals surface area contributed by atoms with Crippen LogP contribution in [0.1, 0.15) is 38.8 Å². The number of carbonyl (C=O) groups excluding carboxylic acids is 2. The molecule has 0 saturated carbocycles.